The zero-order chi connectivity index (χ0) is 22.3. The van der Waals surface area contributed by atoms with E-state index in [2.05, 4.69) is 21.5 Å². The summed E-state index contributed by atoms with van der Waals surface area (Å²) in [5.41, 5.74) is 7.76. The molecule has 6 N–H and O–H groups in total. The summed E-state index contributed by atoms with van der Waals surface area (Å²) < 4.78 is 52.7. The first kappa shape index (κ1) is 22.8. The molecule has 30 heavy (non-hydrogen) atoms. The summed E-state index contributed by atoms with van der Waals surface area (Å²) in [7, 11) is 0. The largest absolute Gasteiger partial charge is 0.329 e. The van der Waals surface area contributed by atoms with Crippen molar-refractivity contribution in [3.05, 3.63) is 59.7 Å². The van der Waals surface area contributed by atoms with Gasteiger partial charge in [0.25, 0.3) is 0 Å². The molecule has 14 heteroatoms. The van der Waals surface area contributed by atoms with Crippen LogP contribution in [0.4, 0.5) is 28.9 Å². The first-order chi connectivity index (χ1) is 14.2. The van der Waals surface area contributed by atoms with Gasteiger partial charge >= 0.3 is 11.8 Å². The van der Waals surface area contributed by atoms with Gasteiger partial charge in [0.1, 0.15) is 23.3 Å². The van der Waals surface area contributed by atoms with Crippen LogP contribution < -0.4 is 32.3 Å². The number of rotatable bonds is 2. The number of anilines is 2. The first-order valence-electron chi connectivity index (χ1n) is 7.80. The van der Waals surface area contributed by atoms with Crippen LogP contribution >= 0.6 is 24.4 Å². The Balaban J connectivity index is 1.75. The van der Waals surface area contributed by atoms with Gasteiger partial charge < -0.3 is 10.6 Å². The molecule has 0 aliphatic rings. The van der Waals surface area contributed by atoms with E-state index >= 15 is 0 Å². The van der Waals surface area contributed by atoms with E-state index < -0.39 is 35.1 Å². The number of nitrogens with one attached hydrogen (secondary N) is 6. The SMILES string of the molecule is O=C(NNC(=S)Nc1ccc(F)cc1F)C(=O)NNC(=S)Nc1ccc(F)cc1F. The number of hydrazine groups is 2. The van der Waals surface area contributed by atoms with Gasteiger partial charge in [0.05, 0.1) is 11.4 Å². The van der Waals surface area contributed by atoms with E-state index in [4.69, 9.17) is 24.4 Å². The van der Waals surface area contributed by atoms with Gasteiger partial charge in [-0.1, -0.05) is 0 Å². The minimum atomic E-state index is -1.22. The predicted octanol–water partition coefficient (Wildman–Crippen LogP) is 1.58. The Hall–Kier alpha value is -3.52. The minimum absolute atomic E-state index is 0.168. The number of benzene rings is 2. The monoisotopic (exact) mass is 460 g/mol. The summed E-state index contributed by atoms with van der Waals surface area (Å²) in [6.07, 6.45) is 0. The van der Waals surface area contributed by atoms with Crippen LogP contribution in [0.5, 0.6) is 0 Å². The average Bonchev–Trinajstić information content (AvgIpc) is 2.68. The highest BCUT2D eigenvalue weighted by atomic mass is 32.1. The molecule has 158 valence electrons. The van der Waals surface area contributed by atoms with Crippen molar-refractivity contribution in [2.75, 3.05) is 10.6 Å². The van der Waals surface area contributed by atoms with Gasteiger partial charge in [-0.2, -0.15) is 0 Å². The van der Waals surface area contributed by atoms with Crippen molar-refractivity contribution in [1.29, 1.82) is 0 Å². The van der Waals surface area contributed by atoms with E-state index in [0.717, 1.165) is 24.3 Å². The third-order valence-corrected chi connectivity index (χ3v) is 3.55. The molecule has 2 rings (SSSR count). The van der Waals surface area contributed by atoms with Gasteiger partial charge in [0.15, 0.2) is 10.2 Å². The summed E-state index contributed by atoms with van der Waals surface area (Å²) in [5.74, 6) is -5.87. The molecule has 0 atom stereocenters. The number of hydrogen-bond donors (Lipinski definition) is 6. The van der Waals surface area contributed by atoms with Crippen molar-refractivity contribution in [3.8, 4) is 0 Å². The molecule has 0 heterocycles. The molecule has 2 aromatic rings. The van der Waals surface area contributed by atoms with E-state index in [-0.39, 0.29) is 21.6 Å². The Morgan fingerprint density at radius 1 is 0.633 bits per heavy atom. The Bertz CT molecular complexity index is 928. The van der Waals surface area contributed by atoms with Gasteiger partial charge in [-0.15, -0.1) is 0 Å². The molecule has 0 aliphatic heterocycles. The lowest BCUT2D eigenvalue weighted by atomic mass is 10.3. The van der Waals surface area contributed by atoms with Crippen LogP contribution in [-0.4, -0.2) is 22.0 Å². The van der Waals surface area contributed by atoms with E-state index in [1.165, 1.54) is 0 Å². The van der Waals surface area contributed by atoms with Gasteiger partial charge in [-0.25, -0.2) is 17.6 Å². The van der Waals surface area contributed by atoms with Gasteiger partial charge in [0.2, 0.25) is 0 Å². The normalized spacial score (nSPS) is 9.87. The molecule has 2 amide bonds. The van der Waals surface area contributed by atoms with E-state index in [0.29, 0.717) is 12.1 Å². The summed E-state index contributed by atoms with van der Waals surface area (Å²) in [5, 5.41) is 4.10. The number of halogens is 4. The lowest BCUT2D eigenvalue weighted by Crippen LogP contribution is -2.53. The Morgan fingerprint density at radius 3 is 1.33 bits per heavy atom. The molecule has 0 unspecified atom stereocenters. The molecular weight excluding hydrogens is 448 g/mol. The lowest BCUT2D eigenvalue weighted by molar-refractivity contribution is -0.139. The Morgan fingerprint density at radius 2 is 1.00 bits per heavy atom. The molecule has 0 spiro atoms. The fourth-order valence-corrected chi connectivity index (χ4v) is 2.15. The summed E-state index contributed by atoms with van der Waals surface area (Å²) in [4.78, 5) is 23.3. The van der Waals surface area contributed by atoms with Crippen LogP contribution in [0.25, 0.3) is 0 Å². The maximum absolute atomic E-state index is 13.5. The molecule has 0 saturated heterocycles. The molecule has 8 nitrogen and oxygen atoms in total. The van der Waals surface area contributed by atoms with Crippen LogP contribution in [0.1, 0.15) is 0 Å². The summed E-state index contributed by atoms with van der Waals surface area (Å²) in [6.45, 7) is 0. The zero-order valence-corrected chi connectivity index (χ0v) is 16.2. The molecular formula is C16H12F4N6O2S2. The Kier molecular flexibility index (Phi) is 7.83. The highest BCUT2D eigenvalue weighted by Gasteiger charge is 2.14. The number of hydrogen-bond acceptors (Lipinski definition) is 4. The number of amides is 2. The molecule has 0 radical (unpaired) electrons. The Labute approximate surface area is 177 Å². The van der Waals surface area contributed by atoms with Crippen molar-refractivity contribution in [2.24, 2.45) is 0 Å². The molecule has 0 saturated carbocycles. The fourth-order valence-electron chi connectivity index (χ4n) is 1.83. The molecule has 0 fully saturated rings. The van der Waals surface area contributed by atoms with Crippen LogP contribution in [0.3, 0.4) is 0 Å². The third-order valence-electron chi connectivity index (χ3n) is 3.14. The maximum atomic E-state index is 13.5. The van der Waals surface area contributed by atoms with E-state index in [9.17, 15) is 27.2 Å². The second-order valence-corrected chi connectivity index (χ2v) is 6.13. The fraction of sp³-hybridized carbons (Fsp3) is 0. The van der Waals surface area contributed by atoms with Crippen molar-refractivity contribution in [2.45, 2.75) is 0 Å². The highest BCUT2D eigenvalue weighted by Crippen LogP contribution is 2.15. The first-order valence-corrected chi connectivity index (χ1v) is 8.61. The van der Waals surface area contributed by atoms with Crippen LogP contribution in [-0.2, 0) is 9.59 Å². The standard InChI is InChI=1S/C16H12F4N6O2S2/c17-7-1-3-11(9(19)5-7)21-15(29)25-23-13(27)14(28)24-26-16(30)22-12-4-2-8(18)6-10(12)20/h1-6H,(H,23,27)(H,24,28)(H2,21,25,29)(H2,22,26,30). The van der Waals surface area contributed by atoms with Gasteiger partial charge in [0, 0.05) is 12.1 Å². The van der Waals surface area contributed by atoms with Crippen molar-refractivity contribution in [1.82, 2.24) is 21.7 Å². The zero-order valence-electron chi connectivity index (χ0n) is 14.6. The maximum Gasteiger partial charge on any atom is 0.329 e. The number of thiocarbonyl (C=S) groups is 2. The smallest absolute Gasteiger partial charge is 0.329 e. The third kappa shape index (κ3) is 6.82. The molecule has 2 aromatic carbocycles. The summed E-state index contributed by atoms with van der Waals surface area (Å²) >= 11 is 9.59. The molecule has 0 aromatic heterocycles. The predicted molar refractivity (Wildman–Crippen MR) is 108 cm³/mol. The number of carbonyl (C=O) groups excluding carboxylic acids is 2. The van der Waals surface area contributed by atoms with Gasteiger partial charge in [-0.3, -0.25) is 31.3 Å². The van der Waals surface area contributed by atoms with Crippen molar-refractivity contribution in [3.63, 3.8) is 0 Å². The molecule has 0 bridgehead atoms. The van der Waals surface area contributed by atoms with Crippen LogP contribution in [0.15, 0.2) is 36.4 Å². The lowest BCUT2D eigenvalue weighted by Gasteiger charge is -2.13. The van der Waals surface area contributed by atoms with Crippen molar-refractivity contribution >= 4 is 57.8 Å². The molecule has 0 aliphatic carbocycles. The minimum Gasteiger partial charge on any atom is -0.329 e. The topological polar surface area (TPSA) is 106 Å². The summed E-state index contributed by atoms with van der Waals surface area (Å²) in [6, 6.07) is 5.37. The van der Waals surface area contributed by atoms with Crippen LogP contribution in [0, 0.1) is 23.3 Å². The quantitative estimate of drug-likeness (QED) is 0.174. The van der Waals surface area contributed by atoms with Crippen molar-refractivity contribution < 1.29 is 27.2 Å². The van der Waals surface area contributed by atoms with Crippen LogP contribution in [0.2, 0.25) is 0 Å². The second kappa shape index (κ2) is 10.3. The second-order valence-electron chi connectivity index (χ2n) is 5.31. The average molecular weight is 460 g/mol. The van der Waals surface area contributed by atoms with E-state index in [1.807, 2.05) is 10.9 Å². The van der Waals surface area contributed by atoms with Gasteiger partial charge in [-0.05, 0) is 48.7 Å². The van der Waals surface area contributed by atoms with E-state index in [1.54, 1.807) is 0 Å². The number of carbonyl (C=O) groups is 2. The highest BCUT2D eigenvalue weighted by molar-refractivity contribution is 7.80.